The Hall–Kier alpha value is -2.61. The van der Waals surface area contributed by atoms with E-state index >= 15 is 0 Å². The molecule has 1 aromatic carbocycles. The highest BCUT2D eigenvalue weighted by molar-refractivity contribution is 7.14. The lowest BCUT2D eigenvalue weighted by atomic mass is 9.81. The topological polar surface area (TPSA) is 79.4 Å². The number of imide groups is 1. The molecular weight excluding hydrogens is 393 g/mol. The molecule has 150 valence electrons. The molecule has 1 aliphatic heterocycles. The van der Waals surface area contributed by atoms with Gasteiger partial charge >= 0.3 is 0 Å². The Balaban J connectivity index is 1.20. The molecule has 3 amide bonds. The van der Waals surface area contributed by atoms with Crippen molar-refractivity contribution in [2.75, 3.05) is 11.9 Å². The Labute approximate surface area is 171 Å². The van der Waals surface area contributed by atoms with E-state index in [1.54, 1.807) is 23.6 Å². The van der Waals surface area contributed by atoms with Crippen molar-refractivity contribution in [3.05, 3.63) is 35.5 Å². The average Bonchev–Trinajstić information content (AvgIpc) is 3.46. The maximum absolute atomic E-state index is 13.9. The minimum Gasteiger partial charge on any atom is -0.302 e. The molecule has 4 atom stereocenters. The molecule has 0 radical (unpaired) electrons. The quantitative estimate of drug-likeness (QED) is 0.763. The summed E-state index contributed by atoms with van der Waals surface area (Å²) in [6.07, 6.45) is 3.09. The fourth-order valence-corrected chi connectivity index (χ4v) is 5.94. The van der Waals surface area contributed by atoms with E-state index < -0.39 is 0 Å². The van der Waals surface area contributed by atoms with E-state index in [2.05, 4.69) is 10.3 Å². The van der Waals surface area contributed by atoms with Crippen LogP contribution in [0.4, 0.5) is 9.52 Å². The van der Waals surface area contributed by atoms with Crippen LogP contribution in [-0.4, -0.2) is 34.2 Å². The third kappa shape index (κ3) is 3.06. The standard InChI is InChI=1S/C21H20FN3O3S/c22-14-4-2-1-3-13(14)15-10-29-21(23-15)24-16(26)7-8-25-19(27)17-11-5-6-12(9-11)18(17)20(25)28/h1-4,10-12,17-18H,5-9H2,(H,23,24,26)/t11-,12-,17-,18-/m0/s1. The zero-order chi connectivity index (χ0) is 20.1. The van der Waals surface area contributed by atoms with E-state index in [-0.39, 0.29) is 48.3 Å². The van der Waals surface area contributed by atoms with Crippen LogP contribution in [0.1, 0.15) is 25.7 Å². The minimum absolute atomic E-state index is 0.0286. The summed E-state index contributed by atoms with van der Waals surface area (Å²) in [5.74, 6) is -0.536. The average molecular weight is 413 g/mol. The van der Waals surface area contributed by atoms with E-state index in [1.165, 1.54) is 22.3 Å². The number of nitrogens with zero attached hydrogens (tertiary/aromatic N) is 2. The maximum atomic E-state index is 13.9. The number of hydrogen-bond donors (Lipinski definition) is 1. The summed E-state index contributed by atoms with van der Waals surface area (Å²) >= 11 is 1.21. The van der Waals surface area contributed by atoms with Gasteiger partial charge in [-0.2, -0.15) is 0 Å². The van der Waals surface area contributed by atoms with Gasteiger partial charge in [-0.05, 0) is 43.2 Å². The first-order valence-electron chi connectivity index (χ1n) is 9.88. The minimum atomic E-state index is -0.374. The molecule has 5 rings (SSSR count). The van der Waals surface area contributed by atoms with Crippen LogP contribution < -0.4 is 5.32 Å². The number of aromatic nitrogens is 1. The van der Waals surface area contributed by atoms with Crippen molar-refractivity contribution in [2.45, 2.75) is 25.7 Å². The van der Waals surface area contributed by atoms with E-state index in [1.807, 2.05) is 0 Å². The van der Waals surface area contributed by atoms with Gasteiger partial charge in [0.2, 0.25) is 17.7 Å². The number of hydrogen-bond acceptors (Lipinski definition) is 5. The fraction of sp³-hybridized carbons (Fsp3) is 0.429. The van der Waals surface area contributed by atoms with Crippen molar-refractivity contribution in [2.24, 2.45) is 23.7 Å². The zero-order valence-electron chi connectivity index (χ0n) is 15.6. The Bertz CT molecular complexity index is 979. The van der Waals surface area contributed by atoms with Gasteiger partial charge in [-0.1, -0.05) is 12.1 Å². The van der Waals surface area contributed by atoms with Gasteiger partial charge in [0.05, 0.1) is 17.5 Å². The normalized spacial score (nSPS) is 27.6. The summed E-state index contributed by atoms with van der Waals surface area (Å²) < 4.78 is 13.9. The molecule has 3 fully saturated rings. The van der Waals surface area contributed by atoms with Gasteiger partial charge < -0.3 is 5.32 Å². The smallest absolute Gasteiger partial charge is 0.233 e. The molecule has 2 saturated carbocycles. The summed E-state index contributed by atoms with van der Waals surface area (Å²) in [4.78, 5) is 43.2. The summed E-state index contributed by atoms with van der Waals surface area (Å²) in [7, 11) is 0. The third-order valence-electron chi connectivity index (χ3n) is 6.48. The largest absolute Gasteiger partial charge is 0.302 e. The number of amides is 3. The Kier molecular flexibility index (Phi) is 4.46. The van der Waals surface area contributed by atoms with E-state index in [0.29, 0.717) is 28.2 Å². The summed E-state index contributed by atoms with van der Waals surface area (Å²) in [6, 6.07) is 6.32. The Morgan fingerprint density at radius 1 is 1.17 bits per heavy atom. The second-order valence-electron chi connectivity index (χ2n) is 8.03. The van der Waals surface area contributed by atoms with Crippen molar-refractivity contribution < 1.29 is 18.8 Å². The van der Waals surface area contributed by atoms with Crippen LogP contribution in [0, 0.1) is 29.5 Å². The van der Waals surface area contributed by atoms with E-state index in [0.717, 1.165) is 19.3 Å². The molecule has 8 heteroatoms. The molecule has 29 heavy (non-hydrogen) atoms. The number of benzene rings is 1. The second-order valence-corrected chi connectivity index (χ2v) is 8.89. The molecular formula is C21H20FN3O3S. The monoisotopic (exact) mass is 413 g/mol. The van der Waals surface area contributed by atoms with Crippen LogP contribution in [0.25, 0.3) is 11.3 Å². The molecule has 2 aromatic rings. The van der Waals surface area contributed by atoms with Gasteiger partial charge in [0.25, 0.3) is 0 Å². The van der Waals surface area contributed by atoms with Gasteiger partial charge in [0, 0.05) is 23.9 Å². The highest BCUT2D eigenvalue weighted by Gasteiger charge is 2.60. The van der Waals surface area contributed by atoms with Gasteiger partial charge in [-0.15, -0.1) is 11.3 Å². The number of carbonyl (C=O) groups excluding carboxylic acids is 3. The molecule has 0 spiro atoms. The number of anilines is 1. The number of carbonyl (C=O) groups is 3. The SMILES string of the molecule is O=C(CCN1C(=O)[C@H]2[C@H]3CC[C@@H](C3)[C@@H]2C1=O)Nc1nc(-c2ccccc2F)cs1. The molecule has 0 unspecified atom stereocenters. The maximum Gasteiger partial charge on any atom is 0.233 e. The lowest BCUT2D eigenvalue weighted by molar-refractivity contribution is -0.140. The molecule has 1 aromatic heterocycles. The fourth-order valence-electron chi connectivity index (χ4n) is 5.21. The van der Waals surface area contributed by atoms with Crippen LogP contribution in [-0.2, 0) is 14.4 Å². The third-order valence-corrected chi connectivity index (χ3v) is 7.24. The van der Waals surface area contributed by atoms with Gasteiger partial charge in [-0.25, -0.2) is 9.37 Å². The Morgan fingerprint density at radius 2 is 1.86 bits per heavy atom. The number of fused-ring (bicyclic) bond motifs is 5. The van der Waals surface area contributed by atoms with Crippen LogP contribution in [0.15, 0.2) is 29.6 Å². The summed E-state index contributed by atoms with van der Waals surface area (Å²) in [5, 5.41) is 4.72. The van der Waals surface area contributed by atoms with Crippen molar-refractivity contribution in [1.29, 1.82) is 0 Å². The molecule has 1 N–H and O–H groups in total. The number of likely N-dealkylation sites (tertiary alicyclic amines) is 1. The van der Waals surface area contributed by atoms with Gasteiger partial charge in [0.15, 0.2) is 5.13 Å². The van der Waals surface area contributed by atoms with Crippen LogP contribution in [0.3, 0.4) is 0 Å². The molecule has 1 saturated heterocycles. The lowest BCUT2D eigenvalue weighted by Gasteiger charge is -2.19. The first-order valence-corrected chi connectivity index (χ1v) is 10.8. The van der Waals surface area contributed by atoms with Gasteiger partial charge in [-0.3, -0.25) is 19.3 Å². The van der Waals surface area contributed by atoms with E-state index in [4.69, 9.17) is 0 Å². The number of nitrogens with one attached hydrogen (secondary N) is 1. The highest BCUT2D eigenvalue weighted by atomic mass is 32.1. The lowest BCUT2D eigenvalue weighted by Crippen LogP contribution is -2.35. The molecule has 3 aliphatic rings. The molecule has 6 nitrogen and oxygen atoms in total. The number of rotatable bonds is 5. The van der Waals surface area contributed by atoms with Crippen LogP contribution >= 0.6 is 11.3 Å². The predicted octanol–water partition coefficient (Wildman–Crippen LogP) is 3.31. The van der Waals surface area contributed by atoms with E-state index in [9.17, 15) is 18.8 Å². The number of halogens is 1. The molecule has 2 heterocycles. The van der Waals surface area contributed by atoms with Gasteiger partial charge in [0.1, 0.15) is 5.82 Å². The molecule has 2 bridgehead atoms. The first-order chi connectivity index (χ1) is 14.0. The summed E-state index contributed by atoms with van der Waals surface area (Å²) in [5.41, 5.74) is 0.829. The van der Waals surface area contributed by atoms with Crippen molar-refractivity contribution in [3.63, 3.8) is 0 Å². The highest BCUT2D eigenvalue weighted by Crippen LogP contribution is 2.56. The first kappa shape index (κ1) is 18.4. The van der Waals surface area contributed by atoms with Crippen LogP contribution in [0.5, 0.6) is 0 Å². The number of thiazole rings is 1. The second kappa shape index (κ2) is 7.02. The summed E-state index contributed by atoms with van der Waals surface area (Å²) in [6.45, 7) is 0.0987. The Morgan fingerprint density at radius 3 is 2.55 bits per heavy atom. The molecule has 2 aliphatic carbocycles. The van der Waals surface area contributed by atoms with Crippen molar-refractivity contribution >= 4 is 34.2 Å². The van der Waals surface area contributed by atoms with Crippen molar-refractivity contribution in [3.8, 4) is 11.3 Å². The van der Waals surface area contributed by atoms with Crippen LogP contribution in [0.2, 0.25) is 0 Å². The predicted molar refractivity (Wildman–Crippen MR) is 105 cm³/mol. The van der Waals surface area contributed by atoms with Crippen molar-refractivity contribution in [1.82, 2.24) is 9.88 Å². The zero-order valence-corrected chi connectivity index (χ0v) is 16.5.